The van der Waals surface area contributed by atoms with Crippen LogP contribution in [0, 0.1) is 10.1 Å². The predicted molar refractivity (Wildman–Crippen MR) is 58.3 cm³/mol. The molecule has 0 aliphatic rings. The second-order valence-corrected chi connectivity index (χ2v) is 3.05. The standard InChI is InChI=1S/C11H13NO3/c1-3-15-11-6-4-5-10(8-11)7-9(2)12(13)14/h4-8H,3H2,1-2H3/b9-7-. The molecule has 1 rings (SSSR count). The first-order chi connectivity index (χ1) is 7.13. The van der Waals surface area contributed by atoms with Crippen LogP contribution >= 0.6 is 0 Å². The fourth-order valence-electron chi connectivity index (χ4n) is 1.15. The molecular formula is C11H13NO3. The highest BCUT2D eigenvalue weighted by molar-refractivity contribution is 5.52. The Morgan fingerprint density at radius 2 is 2.33 bits per heavy atom. The van der Waals surface area contributed by atoms with Crippen LogP contribution in [-0.2, 0) is 0 Å². The van der Waals surface area contributed by atoms with Gasteiger partial charge in [0.25, 0.3) is 0 Å². The first-order valence-corrected chi connectivity index (χ1v) is 4.69. The van der Waals surface area contributed by atoms with Crippen molar-refractivity contribution in [3.05, 3.63) is 45.6 Å². The number of hydrogen-bond donors (Lipinski definition) is 0. The SMILES string of the molecule is CCOc1cccc(/C=C(/C)[N+](=O)[O-])c1. The fourth-order valence-corrected chi connectivity index (χ4v) is 1.15. The van der Waals surface area contributed by atoms with Gasteiger partial charge in [-0.2, -0.15) is 0 Å². The minimum atomic E-state index is -0.409. The molecule has 0 saturated heterocycles. The summed E-state index contributed by atoms with van der Waals surface area (Å²) >= 11 is 0. The first-order valence-electron chi connectivity index (χ1n) is 4.69. The van der Waals surface area contributed by atoms with E-state index >= 15 is 0 Å². The first kappa shape index (κ1) is 11.2. The van der Waals surface area contributed by atoms with Gasteiger partial charge in [-0.05, 0) is 24.6 Å². The van der Waals surface area contributed by atoms with Crippen molar-refractivity contribution in [3.8, 4) is 5.75 Å². The summed E-state index contributed by atoms with van der Waals surface area (Å²) in [5.41, 5.74) is 0.888. The van der Waals surface area contributed by atoms with Crippen LogP contribution in [-0.4, -0.2) is 11.5 Å². The summed E-state index contributed by atoms with van der Waals surface area (Å²) in [6, 6.07) is 7.21. The van der Waals surface area contributed by atoms with Crippen molar-refractivity contribution >= 4 is 6.08 Å². The summed E-state index contributed by atoms with van der Waals surface area (Å²) < 4.78 is 5.29. The van der Waals surface area contributed by atoms with Gasteiger partial charge in [0.1, 0.15) is 5.75 Å². The van der Waals surface area contributed by atoms with Crippen LogP contribution < -0.4 is 4.74 Å². The molecule has 0 aromatic heterocycles. The average molecular weight is 207 g/mol. The van der Waals surface area contributed by atoms with E-state index in [0.29, 0.717) is 6.61 Å². The van der Waals surface area contributed by atoms with Crippen molar-refractivity contribution in [3.63, 3.8) is 0 Å². The number of benzene rings is 1. The zero-order valence-electron chi connectivity index (χ0n) is 8.77. The lowest BCUT2D eigenvalue weighted by Crippen LogP contribution is -1.94. The molecule has 0 amide bonds. The van der Waals surface area contributed by atoms with E-state index in [1.807, 2.05) is 19.1 Å². The van der Waals surface area contributed by atoms with Crippen molar-refractivity contribution in [2.75, 3.05) is 6.61 Å². The Balaban J connectivity index is 2.91. The van der Waals surface area contributed by atoms with Gasteiger partial charge in [-0.1, -0.05) is 12.1 Å². The van der Waals surface area contributed by atoms with Crippen molar-refractivity contribution in [2.24, 2.45) is 0 Å². The molecule has 4 nitrogen and oxygen atoms in total. The molecular weight excluding hydrogens is 194 g/mol. The summed E-state index contributed by atoms with van der Waals surface area (Å²) in [6.45, 7) is 3.94. The van der Waals surface area contributed by atoms with Crippen LogP contribution in [0.4, 0.5) is 0 Å². The number of ether oxygens (including phenoxy) is 1. The minimum absolute atomic E-state index is 0.114. The maximum atomic E-state index is 10.4. The van der Waals surface area contributed by atoms with E-state index in [1.54, 1.807) is 12.1 Å². The highest BCUT2D eigenvalue weighted by atomic mass is 16.6. The molecule has 4 heteroatoms. The van der Waals surface area contributed by atoms with Crippen molar-refractivity contribution in [1.82, 2.24) is 0 Å². The smallest absolute Gasteiger partial charge is 0.243 e. The van der Waals surface area contributed by atoms with Gasteiger partial charge in [0.2, 0.25) is 5.70 Å². The third kappa shape index (κ3) is 3.42. The van der Waals surface area contributed by atoms with E-state index in [0.717, 1.165) is 11.3 Å². The zero-order valence-corrected chi connectivity index (χ0v) is 8.77. The van der Waals surface area contributed by atoms with E-state index in [9.17, 15) is 10.1 Å². The number of allylic oxidation sites excluding steroid dienone is 1. The van der Waals surface area contributed by atoms with Gasteiger partial charge in [0.05, 0.1) is 11.5 Å². The van der Waals surface area contributed by atoms with Crippen LogP contribution in [0.25, 0.3) is 6.08 Å². The number of nitro groups is 1. The third-order valence-corrected chi connectivity index (χ3v) is 1.83. The van der Waals surface area contributed by atoms with Crippen LogP contribution in [0.1, 0.15) is 19.4 Å². The molecule has 0 bridgehead atoms. The molecule has 0 heterocycles. The summed E-state index contributed by atoms with van der Waals surface area (Å²) in [7, 11) is 0. The van der Waals surface area contributed by atoms with Gasteiger partial charge in [-0.25, -0.2) is 0 Å². The Morgan fingerprint density at radius 3 is 2.93 bits per heavy atom. The van der Waals surface area contributed by atoms with Gasteiger partial charge in [-0.15, -0.1) is 0 Å². The van der Waals surface area contributed by atoms with Crippen LogP contribution in [0.5, 0.6) is 5.75 Å². The number of nitrogens with zero attached hydrogens (tertiary/aromatic N) is 1. The summed E-state index contributed by atoms with van der Waals surface area (Å²) in [6.07, 6.45) is 1.52. The molecule has 0 aliphatic heterocycles. The maximum Gasteiger partial charge on any atom is 0.243 e. The fraction of sp³-hybridized carbons (Fsp3) is 0.273. The highest BCUT2D eigenvalue weighted by Crippen LogP contribution is 2.15. The van der Waals surface area contributed by atoms with Gasteiger partial charge < -0.3 is 4.74 Å². The molecule has 1 aromatic rings. The second-order valence-electron chi connectivity index (χ2n) is 3.05. The summed E-state index contributed by atoms with van der Waals surface area (Å²) in [5.74, 6) is 0.724. The van der Waals surface area contributed by atoms with E-state index in [4.69, 9.17) is 4.74 Å². The molecule has 1 aromatic carbocycles. The Kier molecular flexibility index (Phi) is 3.85. The molecule has 0 unspecified atom stereocenters. The van der Waals surface area contributed by atoms with Gasteiger partial charge in [-0.3, -0.25) is 10.1 Å². The molecule has 0 saturated carbocycles. The lowest BCUT2D eigenvalue weighted by Gasteiger charge is -2.02. The van der Waals surface area contributed by atoms with Crippen molar-refractivity contribution in [2.45, 2.75) is 13.8 Å². The lowest BCUT2D eigenvalue weighted by molar-refractivity contribution is -0.422. The molecule has 0 fully saturated rings. The third-order valence-electron chi connectivity index (χ3n) is 1.83. The lowest BCUT2D eigenvalue weighted by atomic mass is 10.2. The second kappa shape index (κ2) is 5.14. The maximum absolute atomic E-state index is 10.4. The summed E-state index contributed by atoms with van der Waals surface area (Å²) in [4.78, 5) is 10.0. The van der Waals surface area contributed by atoms with Gasteiger partial charge in [0.15, 0.2) is 0 Å². The normalized spacial score (nSPS) is 11.2. The van der Waals surface area contributed by atoms with Crippen LogP contribution in [0.2, 0.25) is 0 Å². The van der Waals surface area contributed by atoms with Crippen molar-refractivity contribution < 1.29 is 9.66 Å². The molecule has 15 heavy (non-hydrogen) atoms. The molecule has 0 aliphatic carbocycles. The molecule has 0 spiro atoms. The Hall–Kier alpha value is -1.84. The monoisotopic (exact) mass is 207 g/mol. The summed E-state index contributed by atoms with van der Waals surface area (Å²) in [5, 5.41) is 10.4. The number of rotatable bonds is 4. The average Bonchev–Trinajstić information content (AvgIpc) is 2.18. The zero-order chi connectivity index (χ0) is 11.3. The van der Waals surface area contributed by atoms with Crippen molar-refractivity contribution in [1.29, 1.82) is 0 Å². The Labute approximate surface area is 88.3 Å². The van der Waals surface area contributed by atoms with Gasteiger partial charge >= 0.3 is 0 Å². The topological polar surface area (TPSA) is 52.4 Å². The molecule has 80 valence electrons. The molecule has 0 atom stereocenters. The van der Waals surface area contributed by atoms with Gasteiger partial charge in [0, 0.05) is 13.0 Å². The van der Waals surface area contributed by atoms with E-state index in [1.165, 1.54) is 13.0 Å². The highest BCUT2D eigenvalue weighted by Gasteiger charge is 2.02. The quantitative estimate of drug-likeness (QED) is 0.563. The minimum Gasteiger partial charge on any atom is -0.494 e. The van der Waals surface area contributed by atoms with Crippen LogP contribution in [0.3, 0.4) is 0 Å². The molecule has 0 N–H and O–H groups in total. The van der Waals surface area contributed by atoms with Crippen LogP contribution in [0.15, 0.2) is 30.0 Å². The van der Waals surface area contributed by atoms with E-state index in [2.05, 4.69) is 0 Å². The van der Waals surface area contributed by atoms with E-state index in [-0.39, 0.29) is 5.70 Å². The largest absolute Gasteiger partial charge is 0.494 e. The Morgan fingerprint density at radius 1 is 1.60 bits per heavy atom. The van der Waals surface area contributed by atoms with E-state index < -0.39 is 4.92 Å². The Bertz CT molecular complexity index is 385. The predicted octanol–water partition coefficient (Wildman–Crippen LogP) is 2.72. The number of hydrogen-bond acceptors (Lipinski definition) is 3. The molecule has 0 radical (unpaired) electrons.